The molecule has 0 radical (unpaired) electrons. The Labute approximate surface area is 202 Å². The average molecular weight is 478 g/mol. The fourth-order valence-corrected chi connectivity index (χ4v) is 3.38. The van der Waals surface area contributed by atoms with E-state index >= 15 is 0 Å². The Balaban J connectivity index is 3.43. The lowest BCUT2D eigenvalue weighted by Gasteiger charge is -2.38. The second kappa shape index (κ2) is 12.4. The van der Waals surface area contributed by atoms with E-state index in [4.69, 9.17) is 4.74 Å². The quantitative estimate of drug-likeness (QED) is 0.528. The van der Waals surface area contributed by atoms with Crippen LogP contribution in [0.5, 0.6) is 0 Å². The number of aryl methyl sites for hydroxylation is 1. The molecular weight excluding hydrogens is 438 g/mol. The predicted molar refractivity (Wildman–Crippen MR) is 129 cm³/mol. The van der Waals surface area contributed by atoms with Gasteiger partial charge in [0.25, 0.3) is 0 Å². The van der Waals surface area contributed by atoms with Crippen LogP contribution in [-0.2, 0) is 23.9 Å². The van der Waals surface area contributed by atoms with E-state index in [1.807, 2.05) is 39.8 Å². The molecule has 9 nitrogen and oxygen atoms in total. The third-order valence-corrected chi connectivity index (χ3v) is 5.53. The number of amides is 3. The summed E-state index contributed by atoms with van der Waals surface area (Å²) >= 11 is 0. The van der Waals surface area contributed by atoms with Crippen molar-refractivity contribution in [3.05, 3.63) is 34.9 Å². The first-order chi connectivity index (χ1) is 15.7. The monoisotopic (exact) mass is 477 g/mol. The fourth-order valence-electron chi connectivity index (χ4n) is 3.38. The van der Waals surface area contributed by atoms with Crippen LogP contribution in [0.1, 0.15) is 70.7 Å². The number of carbonyl (C=O) groups excluding carboxylic acids is 4. The summed E-state index contributed by atoms with van der Waals surface area (Å²) in [7, 11) is 1.23. The number of alkyl carbamates (subject to hydrolysis) is 1. The highest BCUT2D eigenvalue weighted by molar-refractivity contribution is 5.93. The molecule has 0 fully saturated rings. The second-order valence-corrected chi connectivity index (χ2v) is 9.36. The molecule has 0 saturated carbocycles. The standard InChI is InChI=1S/C25H39N3O6/c1-10-16(3)28(23(31)18(5)27-24(32)34-25(6,7)8)21(22(30)26-14-20(29)33-9)19-13-11-12-15(2)17(19)4/h11-13,16,18,21H,10,14H2,1-9H3,(H,26,30)(H,27,32). The van der Waals surface area contributed by atoms with E-state index in [2.05, 4.69) is 15.4 Å². The van der Waals surface area contributed by atoms with Crippen molar-refractivity contribution in [3.63, 3.8) is 0 Å². The third-order valence-electron chi connectivity index (χ3n) is 5.53. The van der Waals surface area contributed by atoms with Crippen LogP contribution in [0, 0.1) is 13.8 Å². The van der Waals surface area contributed by atoms with Gasteiger partial charge in [-0.15, -0.1) is 0 Å². The van der Waals surface area contributed by atoms with Crippen LogP contribution >= 0.6 is 0 Å². The maximum absolute atomic E-state index is 13.6. The number of ether oxygens (including phenoxy) is 2. The van der Waals surface area contributed by atoms with E-state index in [0.717, 1.165) is 11.1 Å². The van der Waals surface area contributed by atoms with Gasteiger partial charge in [0, 0.05) is 6.04 Å². The smallest absolute Gasteiger partial charge is 0.408 e. The largest absolute Gasteiger partial charge is 0.468 e. The lowest BCUT2D eigenvalue weighted by atomic mass is 9.94. The number of methoxy groups -OCH3 is 1. The molecule has 0 aliphatic carbocycles. The van der Waals surface area contributed by atoms with Crippen LogP contribution in [0.15, 0.2) is 18.2 Å². The third kappa shape index (κ3) is 8.04. The van der Waals surface area contributed by atoms with Gasteiger partial charge < -0.3 is 25.0 Å². The topological polar surface area (TPSA) is 114 Å². The molecule has 1 aromatic rings. The lowest BCUT2D eigenvalue weighted by Crippen LogP contribution is -2.55. The fraction of sp³-hybridized carbons (Fsp3) is 0.600. The van der Waals surface area contributed by atoms with Gasteiger partial charge in [-0.3, -0.25) is 14.4 Å². The minimum absolute atomic E-state index is 0.328. The summed E-state index contributed by atoms with van der Waals surface area (Å²) < 4.78 is 9.91. The summed E-state index contributed by atoms with van der Waals surface area (Å²) in [6.45, 7) is 14.0. The van der Waals surface area contributed by atoms with E-state index in [9.17, 15) is 19.2 Å². The number of hydrogen-bond acceptors (Lipinski definition) is 6. The predicted octanol–water partition coefficient (Wildman–Crippen LogP) is 3.17. The molecule has 0 aliphatic rings. The summed E-state index contributed by atoms with van der Waals surface area (Å²) in [6.07, 6.45) is -0.160. The SMILES string of the molecule is CCC(C)N(C(=O)C(C)NC(=O)OC(C)(C)C)C(C(=O)NCC(=O)OC)c1cccc(C)c1C. The molecule has 190 valence electrons. The molecule has 0 spiro atoms. The molecule has 1 rings (SSSR count). The molecule has 0 aliphatic heterocycles. The lowest BCUT2D eigenvalue weighted by molar-refractivity contribution is -0.146. The van der Waals surface area contributed by atoms with E-state index < -0.39 is 41.6 Å². The van der Waals surface area contributed by atoms with Gasteiger partial charge in [0.1, 0.15) is 24.2 Å². The zero-order chi connectivity index (χ0) is 26.2. The van der Waals surface area contributed by atoms with Gasteiger partial charge in [-0.25, -0.2) is 4.79 Å². The van der Waals surface area contributed by atoms with E-state index in [1.54, 1.807) is 33.8 Å². The minimum Gasteiger partial charge on any atom is -0.468 e. The molecule has 0 saturated heterocycles. The first-order valence-electron chi connectivity index (χ1n) is 11.5. The van der Waals surface area contributed by atoms with Crippen molar-refractivity contribution in [2.24, 2.45) is 0 Å². The van der Waals surface area contributed by atoms with Crippen LogP contribution in [-0.4, -0.2) is 60.1 Å². The molecule has 0 aromatic heterocycles. The molecule has 1 aromatic carbocycles. The van der Waals surface area contributed by atoms with Gasteiger partial charge in [-0.05, 0) is 71.6 Å². The Morgan fingerprint density at radius 2 is 1.71 bits per heavy atom. The van der Waals surface area contributed by atoms with Crippen LogP contribution in [0.3, 0.4) is 0 Å². The highest BCUT2D eigenvalue weighted by Crippen LogP contribution is 2.29. The molecule has 3 atom stereocenters. The van der Waals surface area contributed by atoms with Gasteiger partial charge in [0.05, 0.1) is 7.11 Å². The molecule has 3 amide bonds. The summed E-state index contributed by atoms with van der Waals surface area (Å²) in [4.78, 5) is 52.4. The van der Waals surface area contributed by atoms with Crippen LogP contribution in [0.25, 0.3) is 0 Å². The normalized spacial score (nSPS) is 13.8. The summed E-state index contributed by atoms with van der Waals surface area (Å²) in [5, 5.41) is 5.15. The molecule has 0 heterocycles. The number of esters is 1. The molecular formula is C25H39N3O6. The highest BCUT2D eigenvalue weighted by Gasteiger charge is 2.38. The van der Waals surface area contributed by atoms with Crippen molar-refractivity contribution in [1.29, 1.82) is 0 Å². The highest BCUT2D eigenvalue weighted by atomic mass is 16.6. The Hall–Kier alpha value is -3.10. The van der Waals surface area contributed by atoms with Gasteiger partial charge in [0.15, 0.2) is 0 Å². The van der Waals surface area contributed by atoms with Gasteiger partial charge in [-0.1, -0.05) is 25.1 Å². The molecule has 34 heavy (non-hydrogen) atoms. The van der Waals surface area contributed by atoms with Crippen LogP contribution in [0.2, 0.25) is 0 Å². The summed E-state index contributed by atoms with van der Waals surface area (Å²) in [5.74, 6) is -1.56. The summed E-state index contributed by atoms with van der Waals surface area (Å²) in [6, 6.07) is 3.22. The summed E-state index contributed by atoms with van der Waals surface area (Å²) in [5.41, 5.74) is 1.73. The zero-order valence-corrected chi connectivity index (χ0v) is 21.8. The van der Waals surface area contributed by atoms with Crippen molar-refractivity contribution < 1.29 is 28.7 Å². The number of nitrogens with zero attached hydrogens (tertiary/aromatic N) is 1. The van der Waals surface area contributed by atoms with E-state index in [1.165, 1.54) is 12.0 Å². The maximum atomic E-state index is 13.6. The van der Waals surface area contributed by atoms with Crippen LogP contribution in [0.4, 0.5) is 4.79 Å². The number of hydrogen-bond donors (Lipinski definition) is 2. The van der Waals surface area contributed by atoms with E-state index in [-0.39, 0.29) is 12.6 Å². The number of nitrogens with one attached hydrogen (secondary N) is 2. The molecule has 9 heteroatoms. The average Bonchev–Trinajstić information content (AvgIpc) is 2.75. The second-order valence-electron chi connectivity index (χ2n) is 9.36. The Kier molecular flexibility index (Phi) is 10.5. The maximum Gasteiger partial charge on any atom is 0.408 e. The van der Waals surface area contributed by atoms with Gasteiger partial charge in [0.2, 0.25) is 11.8 Å². The molecule has 0 bridgehead atoms. The number of carbonyl (C=O) groups is 4. The Morgan fingerprint density at radius 1 is 1.09 bits per heavy atom. The van der Waals surface area contributed by atoms with Crippen molar-refractivity contribution in [2.45, 2.75) is 85.5 Å². The Morgan fingerprint density at radius 3 is 2.24 bits per heavy atom. The van der Waals surface area contributed by atoms with Crippen LogP contribution < -0.4 is 10.6 Å². The van der Waals surface area contributed by atoms with Gasteiger partial charge in [-0.2, -0.15) is 0 Å². The zero-order valence-electron chi connectivity index (χ0n) is 21.8. The Bertz CT molecular complexity index is 893. The number of rotatable bonds is 9. The van der Waals surface area contributed by atoms with E-state index in [0.29, 0.717) is 12.0 Å². The van der Waals surface area contributed by atoms with Crippen molar-refractivity contribution in [2.75, 3.05) is 13.7 Å². The minimum atomic E-state index is -1.02. The molecule has 3 unspecified atom stereocenters. The molecule has 2 N–H and O–H groups in total. The number of benzene rings is 1. The van der Waals surface area contributed by atoms with Crippen molar-refractivity contribution >= 4 is 23.9 Å². The first kappa shape index (κ1) is 28.9. The first-order valence-corrected chi connectivity index (χ1v) is 11.5. The van der Waals surface area contributed by atoms with Gasteiger partial charge >= 0.3 is 12.1 Å². The van der Waals surface area contributed by atoms with Crippen molar-refractivity contribution in [3.8, 4) is 0 Å². The van der Waals surface area contributed by atoms with Crippen molar-refractivity contribution in [1.82, 2.24) is 15.5 Å².